The van der Waals surface area contributed by atoms with Crippen LogP contribution in [0.25, 0.3) is 0 Å². The number of aryl methyl sites for hydroxylation is 1. The highest BCUT2D eigenvalue weighted by atomic mass is 127. The minimum Gasteiger partial charge on any atom is -0.434 e. The number of nitrogens with zero attached hydrogens (tertiary/aromatic N) is 1. The van der Waals surface area contributed by atoms with Gasteiger partial charge in [-0.05, 0) is 25.0 Å². The van der Waals surface area contributed by atoms with Crippen LogP contribution in [0.4, 0.5) is 8.78 Å². The summed E-state index contributed by atoms with van der Waals surface area (Å²) in [4.78, 5) is 4.07. The van der Waals surface area contributed by atoms with E-state index in [0.29, 0.717) is 24.5 Å². The molecular weight excluding hydrogens is 539 g/mol. The Morgan fingerprint density at radius 3 is 2.48 bits per heavy atom. The van der Waals surface area contributed by atoms with Crippen molar-refractivity contribution < 1.29 is 21.9 Å². The Labute approximate surface area is 199 Å². The normalized spacial score (nSPS) is 11.7. The molecule has 0 unspecified atom stereocenters. The number of hydrogen-bond acceptors (Lipinski definition) is 4. The fraction of sp³-hybridized carbons (Fsp3) is 0.381. The van der Waals surface area contributed by atoms with Crippen LogP contribution in [0.3, 0.4) is 0 Å². The van der Waals surface area contributed by atoms with Crippen LogP contribution < -0.4 is 15.4 Å². The molecule has 0 aromatic heterocycles. The highest BCUT2D eigenvalue weighted by Gasteiger charge is 2.13. The summed E-state index contributed by atoms with van der Waals surface area (Å²) in [6.07, 6.45) is 0.417. The fourth-order valence-corrected chi connectivity index (χ4v) is 4.28. The van der Waals surface area contributed by atoms with Gasteiger partial charge in [0.05, 0.1) is 11.5 Å². The number of nitrogens with one attached hydrogen (secondary N) is 2. The predicted octanol–water partition coefficient (Wildman–Crippen LogP) is 3.88. The second kappa shape index (κ2) is 13.5. The number of hydrogen-bond donors (Lipinski definition) is 2. The highest BCUT2D eigenvalue weighted by Crippen LogP contribution is 2.21. The molecule has 0 radical (unpaired) electrons. The Bertz CT molecular complexity index is 942. The summed E-state index contributed by atoms with van der Waals surface area (Å²) in [6, 6.07) is 14.0. The van der Waals surface area contributed by atoms with Crippen molar-refractivity contribution in [2.24, 2.45) is 4.99 Å². The van der Waals surface area contributed by atoms with Crippen LogP contribution in [0, 0.1) is 6.92 Å². The lowest BCUT2D eigenvalue weighted by molar-refractivity contribution is -0.0504. The van der Waals surface area contributed by atoms with Crippen molar-refractivity contribution in [1.82, 2.24) is 10.6 Å². The van der Waals surface area contributed by atoms with Crippen molar-refractivity contribution >= 4 is 39.8 Å². The topological polar surface area (TPSA) is 79.8 Å². The lowest BCUT2D eigenvalue weighted by Crippen LogP contribution is -2.37. The summed E-state index contributed by atoms with van der Waals surface area (Å²) in [5.41, 5.74) is 2.26. The Morgan fingerprint density at radius 2 is 1.84 bits per heavy atom. The summed E-state index contributed by atoms with van der Waals surface area (Å²) in [5, 5.41) is 6.07. The number of benzene rings is 2. The van der Waals surface area contributed by atoms with Gasteiger partial charge in [0.2, 0.25) is 0 Å². The molecule has 0 heterocycles. The Balaban J connectivity index is 0.00000480. The van der Waals surface area contributed by atoms with Gasteiger partial charge in [-0.1, -0.05) is 48.0 Å². The van der Waals surface area contributed by atoms with E-state index in [-0.39, 0.29) is 47.8 Å². The summed E-state index contributed by atoms with van der Waals surface area (Å²) in [7, 11) is -1.63. The van der Waals surface area contributed by atoms with Crippen LogP contribution in [0.5, 0.6) is 5.75 Å². The summed E-state index contributed by atoms with van der Waals surface area (Å²) in [5.74, 6) is 0.613. The third kappa shape index (κ3) is 10.3. The van der Waals surface area contributed by atoms with Crippen LogP contribution in [-0.4, -0.2) is 40.3 Å². The molecule has 6 nitrogen and oxygen atoms in total. The minimum atomic E-state index is -3.20. The molecule has 0 saturated heterocycles. The molecule has 172 valence electrons. The summed E-state index contributed by atoms with van der Waals surface area (Å²) < 4.78 is 54.2. The third-order valence-corrected chi connectivity index (χ3v) is 5.94. The average molecular weight is 567 g/mol. The zero-order valence-corrected chi connectivity index (χ0v) is 20.6. The quantitative estimate of drug-likeness (QED) is 0.197. The molecule has 2 aromatic carbocycles. The largest absolute Gasteiger partial charge is 0.434 e. The molecule has 0 aliphatic heterocycles. The first kappa shape index (κ1) is 27.1. The van der Waals surface area contributed by atoms with Crippen LogP contribution in [0.2, 0.25) is 0 Å². The molecule has 0 aliphatic rings. The van der Waals surface area contributed by atoms with Gasteiger partial charge < -0.3 is 15.4 Å². The Kier molecular flexibility index (Phi) is 11.8. The second-order valence-corrected chi connectivity index (χ2v) is 8.96. The average Bonchev–Trinajstić information content (AvgIpc) is 2.69. The molecule has 0 fully saturated rings. The number of halogens is 3. The van der Waals surface area contributed by atoms with Crippen molar-refractivity contribution in [3.05, 3.63) is 65.2 Å². The van der Waals surface area contributed by atoms with E-state index in [1.807, 2.05) is 25.1 Å². The van der Waals surface area contributed by atoms with E-state index in [1.54, 1.807) is 31.3 Å². The number of alkyl halides is 2. The van der Waals surface area contributed by atoms with Gasteiger partial charge in [-0.25, -0.2) is 8.42 Å². The molecular formula is C21H28F2IN3O3S. The molecule has 0 aliphatic carbocycles. The van der Waals surface area contributed by atoms with Gasteiger partial charge in [0.25, 0.3) is 0 Å². The molecule has 0 spiro atoms. The monoisotopic (exact) mass is 567 g/mol. The van der Waals surface area contributed by atoms with Crippen molar-refractivity contribution in [3.63, 3.8) is 0 Å². The van der Waals surface area contributed by atoms with Crippen LogP contribution in [0.15, 0.2) is 53.5 Å². The molecule has 0 bridgehead atoms. The van der Waals surface area contributed by atoms with Gasteiger partial charge in [-0.3, -0.25) is 4.99 Å². The Hall–Kier alpha value is -1.95. The van der Waals surface area contributed by atoms with Gasteiger partial charge >= 0.3 is 6.61 Å². The first-order chi connectivity index (χ1) is 14.3. The molecule has 0 saturated carbocycles. The summed E-state index contributed by atoms with van der Waals surface area (Å²) >= 11 is 0. The zero-order chi connectivity index (χ0) is 22.0. The maximum Gasteiger partial charge on any atom is 0.387 e. The number of ether oxygens (including phenoxy) is 1. The Morgan fingerprint density at radius 1 is 1.13 bits per heavy atom. The van der Waals surface area contributed by atoms with E-state index >= 15 is 0 Å². The molecule has 31 heavy (non-hydrogen) atoms. The van der Waals surface area contributed by atoms with Crippen LogP contribution in [-0.2, 0) is 22.1 Å². The number of aliphatic imine (C=N–C) groups is 1. The third-order valence-electron chi connectivity index (χ3n) is 4.26. The lowest BCUT2D eigenvalue weighted by atomic mass is 10.1. The standard InChI is InChI=1S/C21H27F2N3O3S.HI/c1-16-9-10-19(29-20(22)23)18(13-16)14-26-21(24-2)25-11-6-12-30(27,28)15-17-7-4-3-5-8-17;/h3-5,7-10,13,20H,6,11-12,14-15H2,1-2H3,(H2,24,25,26);1H. The van der Waals surface area contributed by atoms with Crippen molar-refractivity contribution in [2.45, 2.75) is 32.3 Å². The first-order valence-corrected chi connectivity index (χ1v) is 11.3. The number of sulfone groups is 1. The lowest BCUT2D eigenvalue weighted by Gasteiger charge is -2.15. The van der Waals surface area contributed by atoms with E-state index in [1.165, 1.54) is 6.07 Å². The van der Waals surface area contributed by atoms with Gasteiger partial charge in [-0.15, -0.1) is 24.0 Å². The van der Waals surface area contributed by atoms with E-state index in [4.69, 9.17) is 0 Å². The predicted molar refractivity (Wildman–Crippen MR) is 130 cm³/mol. The van der Waals surface area contributed by atoms with E-state index in [9.17, 15) is 17.2 Å². The van der Waals surface area contributed by atoms with E-state index in [2.05, 4.69) is 20.4 Å². The van der Waals surface area contributed by atoms with Crippen molar-refractivity contribution in [2.75, 3.05) is 19.3 Å². The maximum atomic E-state index is 12.6. The minimum absolute atomic E-state index is 0. The molecule has 0 atom stereocenters. The van der Waals surface area contributed by atoms with Gasteiger partial charge in [0.1, 0.15) is 5.75 Å². The van der Waals surface area contributed by atoms with E-state index in [0.717, 1.165) is 11.1 Å². The fourth-order valence-electron chi connectivity index (χ4n) is 2.86. The smallest absolute Gasteiger partial charge is 0.387 e. The molecule has 10 heteroatoms. The molecule has 0 amide bonds. The molecule has 2 aromatic rings. The second-order valence-electron chi connectivity index (χ2n) is 6.77. The van der Waals surface area contributed by atoms with Crippen LogP contribution in [0.1, 0.15) is 23.1 Å². The summed E-state index contributed by atoms with van der Waals surface area (Å²) in [6.45, 7) is -0.405. The van der Waals surface area contributed by atoms with E-state index < -0.39 is 16.4 Å². The zero-order valence-electron chi connectivity index (χ0n) is 17.5. The molecule has 2 rings (SSSR count). The van der Waals surface area contributed by atoms with Gasteiger partial charge in [0.15, 0.2) is 15.8 Å². The van der Waals surface area contributed by atoms with Gasteiger partial charge in [0, 0.05) is 25.7 Å². The molecule has 2 N–H and O–H groups in total. The van der Waals surface area contributed by atoms with Crippen molar-refractivity contribution in [3.8, 4) is 5.75 Å². The maximum absolute atomic E-state index is 12.6. The number of guanidine groups is 1. The number of rotatable bonds is 10. The first-order valence-electron chi connectivity index (χ1n) is 9.52. The van der Waals surface area contributed by atoms with Crippen LogP contribution >= 0.6 is 24.0 Å². The van der Waals surface area contributed by atoms with Gasteiger partial charge in [-0.2, -0.15) is 8.78 Å². The highest BCUT2D eigenvalue weighted by molar-refractivity contribution is 14.0. The van der Waals surface area contributed by atoms with Crippen molar-refractivity contribution in [1.29, 1.82) is 0 Å². The SMILES string of the molecule is CN=C(NCCCS(=O)(=O)Cc1ccccc1)NCc1cc(C)ccc1OC(F)F.I.